The number of nitrogen functional groups attached to an aromatic ring is 1. The van der Waals surface area contributed by atoms with Crippen molar-refractivity contribution in [2.24, 2.45) is 11.8 Å². The molecule has 4 heteroatoms. The van der Waals surface area contributed by atoms with E-state index in [0.29, 0.717) is 23.2 Å². The molecular formula is C15H21BrN2O. The van der Waals surface area contributed by atoms with Crippen molar-refractivity contribution in [2.75, 3.05) is 5.73 Å². The van der Waals surface area contributed by atoms with Gasteiger partial charge in [0.05, 0.1) is 0 Å². The van der Waals surface area contributed by atoms with E-state index in [1.54, 1.807) is 18.2 Å². The van der Waals surface area contributed by atoms with Crippen LogP contribution in [-0.4, -0.2) is 11.9 Å². The number of anilines is 1. The number of halogens is 1. The fourth-order valence-corrected chi connectivity index (χ4v) is 2.99. The van der Waals surface area contributed by atoms with E-state index in [0.717, 1.165) is 23.2 Å². The lowest BCUT2D eigenvalue weighted by Gasteiger charge is -2.32. The van der Waals surface area contributed by atoms with Gasteiger partial charge in [-0.2, -0.15) is 0 Å². The third-order valence-electron chi connectivity index (χ3n) is 4.20. The van der Waals surface area contributed by atoms with Gasteiger partial charge in [-0.1, -0.05) is 13.8 Å². The van der Waals surface area contributed by atoms with Crippen molar-refractivity contribution < 1.29 is 4.79 Å². The molecule has 0 saturated heterocycles. The molecule has 3 atom stereocenters. The number of benzene rings is 1. The van der Waals surface area contributed by atoms with Gasteiger partial charge in [-0.3, -0.25) is 4.79 Å². The normalized spacial score (nSPS) is 27.0. The molecule has 0 spiro atoms. The monoisotopic (exact) mass is 324 g/mol. The first-order valence-electron chi connectivity index (χ1n) is 6.83. The summed E-state index contributed by atoms with van der Waals surface area (Å²) in [5, 5.41) is 3.13. The largest absolute Gasteiger partial charge is 0.398 e. The fourth-order valence-electron chi connectivity index (χ4n) is 2.62. The van der Waals surface area contributed by atoms with Crippen LogP contribution in [0.15, 0.2) is 22.7 Å². The molecule has 3 unspecified atom stereocenters. The van der Waals surface area contributed by atoms with Gasteiger partial charge in [-0.05, 0) is 65.2 Å². The highest BCUT2D eigenvalue weighted by atomic mass is 79.9. The van der Waals surface area contributed by atoms with Crippen LogP contribution in [0.2, 0.25) is 0 Å². The van der Waals surface area contributed by atoms with Gasteiger partial charge in [0.25, 0.3) is 5.91 Å². The zero-order chi connectivity index (χ0) is 14.0. The van der Waals surface area contributed by atoms with Crippen molar-refractivity contribution >= 4 is 27.5 Å². The third-order valence-corrected chi connectivity index (χ3v) is 4.88. The van der Waals surface area contributed by atoms with E-state index in [1.165, 1.54) is 6.42 Å². The van der Waals surface area contributed by atoms with Crippen molar-refractivity contribution in [1.82, 2.24) is 5.32 Å². The smallest absolute Gasteiger partial charge is 0.251 e. The first kappa shape index (κ1) is 14.4. The van der Waals surface area contributed by atoms with Gasteiger partial charge in [0.15, 0.2) is 0 Å². The van der Waals surface area contributed by atoms with Crippen molar-refractivity contribution in [1.29, 1.82) is 0 Å². The Kier molecular flexibility index (Phi) is 4.50. The molecule has 2 rings (SSSR count). The molecule has 104 valence electrons. The molecule has 3 N–H and O–H groups in total. The van der Waals surface area contributed by atoms with Gasteiger partial charge in [0.2, 0.25) is 0 Å². The highest BCUT2D eigenvalue weighted by Gasteiger charge is 2.25. The molecule has 0 heterocycles. The number of amides is 1. The Hall–Kier alpha value is -1.03. The molecule has 1 amide bonds. The first-order valence-corrected chi connectivity index (χ1v) is 7.62. The second kappa shape index (κ2) is 5.95. The van der Waals surface area contributed by atoms with Crippen LogP contribution >= 0.6 is 15.9 Å². The lowest BCUT2D eigenvalue weighted by molar-refractivity contribution is 0.0910. The maximum atomic E-state index is 12.2. The Morgan fingerprint density at radius 3 is 2.68 bits per heavy atom. The Morgan fingerprint density at radius 1 is 1.32 bits per heavy atom. The van der Waals surface area contributed by atoms with Crippen LogP contribution in [0.4, 0.5) is 5.69 Å². The molecule has 1 aliphatic carbocycles. The molecule has 19 heavy (non-hydrogen) atoms. The summed E-state index contributed by atoms with van der Waals surface area (Å²) in [5.74, 6) is 1.43. The zero-order valence-electron chi connectivity index (χ0n) is 11.4. The second-order valence-electron chi connectivity index (χ2n) is 5.67. The Balaban J connectivity index is 1.99. The minimum Gasteiger partial charge on any atom is -0.398 e. The number of hydrogen-bond donors (Lipinski definition) is 2. The van der Waals surface area contributed by atoms with Crippen molar-refractivity contribution in [3.05, 3.63) is 28.2 Å². The maximum absolute atomic E-state index is 12.2. The van der Waals surface area contributed by atoms with E-state index in [9.17, 15) is 4.79 Å². The summed E-state index contributed by atoms with van der Waals surface area (Å²) in [5.41, 5.74) is 7.04. The molecule has 1 saturated carbocycles. The number of carbonyl (C=O) groups excluding carboxylic acids is 1. The molecule has 0 aliphatic heterocycles. The second-order valence-corrected chi connectivity index (χ2v) is 6.53. The lowest BCUT2D eigenvalue weighted by atomic mass is 9.79. The SMILES string of the molecule is CC1CCC(NC(=O)c2ccc(N)c(Br)c2)CC1C. The average Bonchev–Trinajstić information content (AvgIpc) is 2.37. The van der Waals surface area contributed by atoms with E-state index >= 15 is 0 Å². The van der Waals surface area contributed by atoms with Gasteiger partial charge in [0.1, 0.15) is 0 Å². The summed E-state index contributed by atoms with van der Waals surface area (Å²) in [6.45, 7) is 4.56. The molecule has 3 nitrogen and oxygen atoms in total. The molecule has 0 aromatic heterocycles. The molecular weight excluding hydrogens is 304 g/mol. The first-order chi connectivity index (χ1) is 8.97. The topological polar surface area (TPSA) is 55.1 Å². The number of carbonyl (C=O) groups is 1. The van der Waals surface area contributed by atoms with Gasteiger partial charge < -0.3 is 11.1 Å². The van der Waals surface area contributed by atoms with E-state index in [1.807, 2.05) is 0 Å². The summed E-state index contributed by atoms with van der Waals surface area (Å²) in [7, 11) is 0. The average molecular weight is 325 g/mol. The van der Waals surface area contributed by atoms with Crippen molar-refractivity contribution in [3.8, 4) is 0 Å². The Bertz CT molecular complexity index is 475. The quantitative estimate of drug-likeness (QED) is 0.817. The Labute approximate surface area is 123 Å². The van der Waals surface area contributed by atoms with Gasteiger partial charge >= 0.3 is 0 Å². The van der Waals surface area contributed by atoms with E-state index in [4.69, 9.17) is 5.73 Å². The number of hydrogen-bond acceptors (Lipinski definition) is 2. The van der Waals surface area contributed by atoms with E-state index < -0.39 is 0 Å². The van der Waals surface area contributed by atoms with Gasteiger partial charge in [-0.25, -0.2) is 0 Å². The lowest BCUT2D eigenvalue weighted by Crippen LogP contribution is -2.39. The zero-order valence-corrected chi connectivity index (χ0v) is 13.0. The highest BCUT2D eigenvalue weighted by molar-refractivity contribution is 9.10. The van der Waals surface area contributed by atoms with E-state index in [2.05, 4.69) is 35.1 Å². The molecule has 1 aromatic rings. The van der Waals surface area contributed by atoms with Crippen molar-refractivity contribution in [3.63, 3.8) is 0 Å². The van der Waals surface area contributed by atoms with Crippen LogP contribution in [0.25, 0.3) is 0 Å². The third kappa shape index (κ3) is 3.50. The molecule has 0 bridgehead atoms. The maximum Gasteiger partial charge on any atom is 0.251 e. The van der Waals surface area contributed by atoms with Crippen molar-refractivity contribution in [2.45, 2.75) is 39.2 Å². The predicted molar refractivity (Wildman–Crippen MR) is 82.0 cm³/mol. The minimum absolute atomic E-state index is 0.00699. The van der Waals surface area contributed by atoms with Gasteiger partial charge in [0, 0.05) is 21.8 Å². The fraction of sp³-hybridized carbons (Fsp3) is 0.533. The van der Waals surface area contributed by atoms with Crippen LogP contribution in [0.5, 0.6) is 0 Å². The number of nitrogens with two attached hydrogens (primary N) is 1. The van der Waals surface area contributed by atoms with E-state index in [-0.39, 0.29) is 5.91 Å². The van der Waals surface area contributed by atoms with Crippen LogP contribution < -0.4 is 11.1 Å². The number of nitrogens with one attached hydrogen (secondary N) is 1. The number of rotatable bonds is 2. The minimum atomic E-state index is -0.00699. The summed E-state index contributed by atoms with van der Waals surface area (Å²) in [6.07, 6.45) is 3.34. The summed E-state index contributed by atoms with van der Waals surface area (Å²) < 4.78 is 0.769. The predicted octanol–water partition coefficient (Wildman–Crippen LogP) is 3.59. The van der Waals surface area contributed by atoms with Gasteiger partial charge in [-0.15, -0.1) is 0 Å². The summed E-state index contributed by atoms with van der Waals surface area (Å²) in [6, 6.07) is 5.60. The van der Waals surface area contributed by atoms with Crippen LogP contribution in [0.3, 0.4) is 0 Å². The molecule has 1 aromatic carbocycles. The van der Waals surface area contributed by atoms with Crippen LogP contribution in [0.1, 0.15) is 43.5 Å². The van der Waals surface area contributed by atoms with Crippen LogP contribution in [-0.2, 0) is 0 Å². The molecule has 1 aliphatic rings. The molecule has 1 fully saturated rings. The summed E-state index contributed by atoms with van der Waals surface area (Å²) >= 11 is 3.35. The summed E-state index contributed by atoms with van der Waals surface area (Å²) in [4.78, 5) is 12.2. The Morgan fingerprint density at radius 2 is 2.05 bits per heavy atom. The molecule has 0 radical (unpaired) electrons. The van der Waals surface area contributed by atoms with Crippen LogP contribution in [0, 0.1) is 11.8 Å². The standard InChI is InChI=1S/C15H21BrN2O/c1-9-3-5-12(7-10(9)2)18-15(19)11-4-6-14(17)13(16)8-11/h4,6,8-10,12H,3,5,7,17H2,1-2H3,(H,18,19). The highest BCUT2D eigenvalue weighted by Crippen LogP contribution is 2.29.